The Hall–Kier alpha value is -1.71. The third kappa shape index (κ3) is 3.90. The zero-order chi connectivity index (χ0) is 14.5. The van der Waals surface area contributed by atoms with Gasteiger partial charge in [-0.05, 0) is 50.2 Å². The molecule has 1 heterocycles. The molecular formula is C17H25N3O. The first-order chi connectivity index (χ1) is 10.3. The molecule has 0 unspecified atom stereocenters. The minimum absolute atomic E-state index is 0.0187. The SMILES string of the molecule is O=C(NCC1CCN(c2ccccc2)CC1)NC1CCC1. The van der Waals surface area contributed by atoms with Crippen LogP contribution in [0, 0.1) is 5.92 Å². The maximum atomic E-state index is 11.7. The van der Waals surface area contributed by atoms with Crippen LogP contribution >= 0.6 is 0 Å². The van der Waals surface area contributed by atoms with Crippen LogP contribution in [-0.2, 0) is 0 Å². The topological polar surface area (TPSA) is 44.4 Å². The van der Waals surface area contributed by atoms with Gasteiger partial charge in [0.15, 0.2) is 0 Å². The number of amides is 2. The van der Waals surface area contributed by atoms with E-state index in [1.54, 1.807) is 0 Å². The van der Waals surface area contributed by atoms with Gasteiger partial charge in [0.05, 0.1) is 0 Å². The van der Waals surface area contributed by atoms with Crippen LogP contribution in [0.4, 0.5) is 10.5 Å². The number of rotatable bonds is 4. The second-order valence-electron chi connectivity index (χ2n) is 6.25. The second kappa shape index (κ2) is 6.83. The highest BCUT2D eigenvalue weighted by Gasteiger charge is 2.22. The molecule has 0 radical (unpaired) electrons. The minimum atomic E-state index is 0.0187. The van der Waals surface area contributed by atoms with Crippen molar-refractivity contribution in [1.29, 1.82) is 0 Å². The number of benzene rings is 1. The van der Waals surface area contributed by atoms with E-state index in [2.05, 4.69) is 45.9 Å². The number of urea groups is 1. The molecule has 2 fully saturated rings. The number of carbonyl (C=O) groups excluding carboxylic acids is 1. The van der Waals surface area contributed by atoms with Gasteiger partial charge in [-0.25, -0.2) is 4.79 Å². The van der Waals surface area contributed by atoms with Crippen molar-refractivity contribution < 1.29 is 4.79 Å². The molecule has 1 aromatic carbocycles. The third-order valence-electron chi connectivity index (χ3n) is 4.73. The number of nitrogens with zero attached hydrogens (tertiary/aromatic N) is 1. The van der Waals surface area contributed by atoms with Crippen LogP contribution in [0.15, 0.2) is 30.3 Å². The first-order valence-corrected chi connectivity index (χ1v) is 8.15. The average Bonchev–Trinajstić information content (AvgIpc) is 2.50. The van der Waals surface area contributed by atoms with Crippen molar-refractivity contribution >= 4 is 11.7 Å². The summed E-state index contributed by atoms with van der Waals surface area (Å²) in [6, 6.07) is 11.0. The Balaban J connectivity index is 1.36. The summed E-state index contributed by atoms with van der Waals surface area (Å²) in [5.41, 5.74) is 1.31. The van der Waals surface area contributed by atoms with Crippen molar-refractivity contribution in [3.05, 3.63) is 30.3 Å². The number of piperidine rings is 1. The van der Waals surface area contributed by atoms with Gasteiger partial charge in [-0.3, -0.25) is 0 Å². The molecule has 1 aromatic rings. The lowest BCUT2D eigenvalue weighted by Gasteiger charge is -2.34. The second-order valence-corrected chi connectivity index (χ2v) is 6.25. The standard InChI is InChI=1S/C17H25N3O/c21-17(19-15-5-4-6-15)18-13-14-9-11-20(12-10-14)16-7-2-1-3-8-16/h1-3,7-8,14-15H,4-6,9-13H2,(H2,18,19,21). The molecule has 1 saturated heterocycles. The van der Waals surface area contributed by atoms with Gasteiger partial charge >= 0.3 is 6.03 Å². The van der Waals surface area contributed by atoms with E-state index in [9.17, 15) is 4.79 Å². The first-order valence-electron chi connectivity index (χ1n) is 8.15. The van der Waals surface area contributed by atoms with Gasteiger partial charge < -0.3 is 15.5 Å². The molecule has 21 heavy (non-hydrogen) atoms. The predicted molar refractivity (Wildman–Crippen MR) is 85.6 cm³/mol. The van der Waals surface area contributed by atoms with Gasteiger partial charge in [0, 0.05) is 31.4 Å². The molecule has 3 rings (SSSR count). The fourth-order valence-electron chi connectivity index (χ4n) is 3.06. The number of carbonyl (C=O) groups is 1. The zero-order valence-corrected chi connectivity index (χ0v) is 12.6. The maximum Gasteiger partial charge on any atom is 0.315 e. The van der Waals surface area contributed by atoms with Gasteiger partial charge in [-0.1, -0.05) is 18.2 Å². The summed E-state index contributed by atoms with van der Waals surface area (Å²) in [6.07, 6.45) is 5.84. The molecule has 2 aliphatic rings. The number of nitrogens with one attached hydrogen (secondary N) is 2. The van der Waals surface area contributed by atoms with Gasteiger partial charge in [0.1, 0.15) is 0 Å². The van der Waals surface area contributed by atoms with Crippen LogP contribution < -0.4 is 15.5 Å². The van der Waals surface area contributed by atoms with Crippen LogP contribution in [-0.4, -0.2) is 31.7 Å². The normalized spacial score (nSPS) is 19.9. The molecule has 0 spiro atoms. The van der Waals surface area contributed by atoms with E-state index >= 15 is 0 Å². The van der Waals surface area contributed by atoms with Crippen molar-refractivity contribution in [2.24, 2.45) is 5.92 Å². The molecule has 0 bridgehead atoms. The number of para-hydroxylation sites is 1. The molecule has 2 N–H and O–H groups in total. The highest BCUT2D eigenvalue weighted by atomic mass is 16.2. The lowest BCUT2D eigenvalue weighted by molar-refractivity contribution is 0.225. The summed E-state index contributed by atoms with van der Waals surface area (Å²) < 4.78 is 0. The Morgan fingerprint density at radius 2 is 1.81 bits per heavy atom. The van der Waals surface area contributed by atoms with E-state index in [0.717, 1.165) is 45.3 Å². The molecule has 0 atom stereocenters. The Morgan fingerprint density at radius 1 is 1.10 bits per heavy atom. The number of anilines is 1. The molecule has 1 saturated carbocycles. The van der Waals surface area contributed by atoms with Crippen molar-refractivity contribution in [1.82, 2.24) is 10.6 Å². The Labute approximate surface area is 126 Å². The molecule has 4 nitrogen and oxygen atoms in total. The largest absolute Gasteiger partial charge is 0.372 e. The maximum absolute atomic E-state index is 11.7. The lowest BCUT2D eigenvalue weighted by Crippen LogP contribution is -2.47. The van der Waals surface area contributed by atoms with Crippen LogP contribution in [0.1, 0.15) is 32.1 Å². The molecule has 0 aromatic heterocycles. The number of hydrogen-bond acceptors (Lipinski definition) is 2. The van der Waals surface area contributed by atoms with Crippen molar-refractivity contribution in [2.75, 3.05) is 24.5 Å². The van der Waals surface area contributed by atoms with Crippen molar-refractivity contribution in [3.63, 3.8) is 0 Å². The Kier molecular flexibility index (Phi) is 4.63. The quantitative estimate of drug-likeness (QED) is 0.894. The van der Waals surface area contributed by atoms with E-state index in [1.165, 1.54) is 12.1 Å². The van der Waals surface area contributed by atoms with Crippen molar-refractivity contribution in [3.8, 4) is 0 Å². The lowest BCUT2D eigenvalue weighted by atomic mass is 9.93. The third-order valence-corrected chi connectivity index (χ3v) is 4.73. The van der Waals surface area contributed by atoms with E-state index in [1.807, 2.05) is 0 Å². The summed E-state index contributed by atoms with van der Waals surface area (Å²) in [5, 5.41) is 6.07. The summed E-state index contributed by atoms with van der Waals surface area (Å²) in [5.74, 6) is 0.608. The fraction of sp³-hybridized carbons (Fsp3) is 0.588. The summed E-state index contributed by atoms with van der Waals surface area (Å²) in [4.78, 5) is 14.2. The van der Waals surface area contributed by atoms with Gasteiger partial charge in [0.2, 0.25) is 0 Å². The molecule has 4 heteroatoms. The molecule has 2 amide bonds. The van der Waals surface area contributed by atoms with Crippen LogP contribution in [0.5, 0.6) is 0 Å². The van der Waals surface area contributed by atoms with Crippen molar-refractivity contribution in [2.45, 2.75) is 38.1 Å². The number of hydrogen-bond donors (Lipinski definition) is 2. The smallest absolute Gasteiger partial charge is 0.315 e. The molecule has 1 aliphatic carbocycles. The summed E-state index contributed by atoms with van der Waals surface area (Å²) in [7, 11) is 0. The molecule has 114 valence electrons. The first kappa shape index (κ1) is 14.2. The minimum Gasteiger partial charge on any atom is -0.372 e. The van der Waals surface area contributed by atoms with Crippen LogP contribution in [0.25, 0.3) is 0 Å². The summed E-state index contributed by atoms with van der Waals surface area (Å²) in [6.45, 7) is 2.97. The van der Waals surface area contributed by atoms with Crippen LogP contribution in [0.3, 0.4) is 0 Å². The fourth-order valence-corrected chi connectivity index (χ4v) is 3.06. The Bertz CT molecular complexity index is 450. The highest BCUT2D eigenvalue weighted by molar-refractivity contribution is 5.74. The van der Waals surface area contributed by atoms with Gasteiger partial charge in [-0.15, -0.1) is 0 Å². The van der Waals surface area contributed by atoms with E-state index in [4.69, 9.17) is 0 Å². The Morgan fingerprint density at radius 3 is 2.43 bits per heavy atom. The highest BCUT2D eigenvalue weighted by Crippen LogP contribution is 2.22. The predicted octanol–water partition coefficient (Wildman–Crippen LogP) is 2.75. The molecular weight excluding hydrogens is 262 g/mol. The monoisotopic (exact) mass is 287 g/mol. The van der Waals surface area contributed by atoms with Crippen LogP contribution in [0.2, 0.25) is 0 Å². The average molecular weight is 287 g/mol. The molecule has 1 aliphatic heterocycles. The van der Waals surface area contributed by atoms with E-state index in [-0.39, 0.29) is 6.03 Å². The van der Waals surface area contributed by atoms with Gasteiger partial charge in [-0.2, -0.15) is 0 Å². The summed E-state index contributed by atoms with van der Waals surface area (Å²) >= 11 is 0. The zero-order valence-electron chi connectivity index (χ0n) is 12.6. The van der Waals surface area contributed by atoms with Gasteiger partial charge in [0.25, 0.3) is 0 Å². The van der Waals surface area contributed by atoms with E-state index < -0.39 is 0 Å². The van der Waals surface area contributed by atoms with E-state index in [0.29, 0.717) is 12.0 Å².